The summed E-state index contributed by atoms with van der Waals surface area (Å²) >= 11 is 0. The molecule has 0 bridgehead atoms. The van der Waals surface area contributed by atoms with Crippen LogP contribution in [-0.2, 0) is 41.7 Å². The van der Waals surface area contributed by atoms with Crippen LogP contribution in [0.5, 0.6) is 0 Å². The lowest BCUT2D eigenvalue weighted by Crippen LogP contribution is -2.61. The highest BCUT2D eigenvalue weighted by Crippen LogP contribution is 2.21. The summed E-state index contributed by atoms with van der Waals surface area (Å²) in [6, 6.07) is 11.8. The lowest BCUT2D eigenvalue weighted by molar-refractivity contribution is -0.139. The number of nitrogens with two attached hydrogens (primary N) is 1. The fourth-order valence-electron chi connectivity index (χ4n) is 7.06. The van der Waals surface area contributed by atoms with Gasteiger partial charge in [-0.2, -0.15) is 0 Å². The van der Waals surface area contributed by atoms with Crippen LogP contribution in [0.3, 0.4) is 0 Å². The van der Waals surface area contributed by atoms with Gasteiger partial charge < -0.3 is 36.6 Å². The Morgan fingerprint density at radius 3 is 2.03 bits per heavy atom. The molecule has 62 heavy (non-hydrogen) atoms. The zero-order valence-corrected chi connectivity index (χ0v) is 37.5. The van der Waals surface area contributed by atoms with Crippen LogP contribution in [0.1, 0.15) is 123 Å². The molecule has 2 aromatic rings. The van der Waals surface area contributed by atoms with Crippen molar-refractivity contribution < 1.29 is 38.3 Å². The fourth-order valence-corrected chi connectivity index (χ4v) is 7.06. The molecule has 2 aromatic carbocycles. The van der Waals surface area contributed by atoms with Crippen LogP contribution < -0.4 is 27.0 Å². The van der Waals surface area contributed by atoms with Crippen molar-refractivity contribution in [2.75, 3.05) is 13.1 Å². The minimum absolute atomic E-state index is 0.0237. The summed E-state index contributed by atoms with van der Waals surface area (Å²) in [7, 11) is 0. The first-order valence-electron chi connectivity index (χ1n) is 21.9. The second kappa shape index (κ2) is 25.2. The fraction of sp³-hybridized carbons (Fsp3) is 0.565. The van der Waals surface area contributed by atoms with Crippen molar-refractivity contribution >= 4 is 47.4 Å². The first-order valence-corrected chi connectivity index (χ1v) is 21.9. The lowest BCUT2D eigenvalue weighted by atomic mass is 9.98. The number of ether oxygens (including phenoxy) is 1. The second-order valence-corrected chi connectivity index (χ2v) is 16.7. The number of nitrogens with one attached hydrogen (secondary N) is 5. The van der Waals surface area contributed by atoms with Crippen molar-refractivity contribution in [1.82, 2.24) is 31.1 Å². The number of carbonyl (C=O) groups excluding carboxylic acids is 7. The summed E-state index contributed by atoms with van der Waals surface area (Å²) in [6.07, 6.45) is 1.91. The van der Waals surface area contributed by atoms with E-state index in [2.05, 4.69) is 21.3 Å². The molecule has 0 radical (unpaired) electrons. The Morgan fingerprint density at radius 1 is 0.790 bits per heavy atom. The predicted molar refractivity (Wildman–Crippen MR) is 237 cm³/mol. The van der Waals surface area contributed by atoms with Gasteiger partial charge in [0.05, 0.1) is 24.5 Å². The van der Waals surface area contributed by atoms with Gasteiger partial charge in [0.1, 0.15) is 18.2 Å². The van der Waals surface area contributed by atoms with Crippen LogP contribution in [0, 0.1) is 17.2 Å². The van der Waals surface area contributed by atoms with E-state index in [0.717, 1.165) is 21.6 Å². The second-order valence-electron chi connectivity index (χ2n) is 16.7. The Hall–Kier alpha value is -5.80. The van der Waals surface area contributed by atoms with Crippen molar-refractivity contribution in [2.24, 2.45) is 17.6 Å². The zero-order chi connectivity index (χ0) is 45.9. The molecule has 5 unspecified atom stereocenters. The average Bonchev–Trinajstić information content (AvgIpc) is 3.25. The van der Waals surface area contributed by atoms with Crippen LogP contribution >= 0.6 is 0 Å². The van der Waals surface area contributed by atoms with Crippen LogP contribution in [-0.4, -0.2) is 94.5 Å². The summed E-state index contributed by atoms with van der Waals surface area (Å²) in [6.45, 7) is 12.6. The highest BCUT2D eigenvalue weighted by molar-refractivity contribution is 6.38. The maximum atomic E-state index is 14.7. The third kappa shape index (κ3) is 15.6. The molecule has 0 fully saturated rings. The van der Waals surface area contributed by atoms with Gasteiger partial charge in [0.25, 0.3) is 11.8 Å². The molecular weight excluding hydrogens is 793 g/mol. The molecule has 16 nitrogen and oxygen atoms in total. The molecule has 340 valence electrons. The molecule has 1 aliphatic heterocycles. The van der Waals surface area contributed by atoms with Crippen molar-refractivity contribution in [2.45, 2.75) is 143 Å². The number of Topliss-reactive ketones (excluding diaryl/α,β-unsaturated/α-hetero) is 1. The topological polar surface area (TPSA) is 233 Å². The molecular formula is C46H68N8O8. The minimum atomic E-state index is -1.31. The molecule has 16 heteroatoms. The first kappa shape index (κ1) is 50.6. The van der Waals surface area contributed by atoms with Gasteiger partial charge in [0.15, 0.2) is 0 Å². The quantitative estimate of drug-likeness (QED) is 0.0369. The van der Waals surface area contributed by atoms with Crippen LogP contribution in [0.2, 0.25) is 0 Å². The number of hydrogen-bond donors (Lipinski definition) is 6. The van der Waals surface area contributed by atoms with Gasteiger partial charge in [-0.05, 0) is 67.6 Å². The predicted octanol–water partition coefficient (Wildman–Crippen LogP) is 5.28. The van der Waals surface area contributed by atoms with E-state index in [1.807, 2.05) is 61.5 Å². The third-order valence-electron chi connectivity index (χ3n) is 10.9. The summed E-state index contributed by atoms with van der Waals surface area (Å²) in [4.78, 5) is 99.0. The van der Waals surface area contributed by atoms with Crippen molar-refractivity contribution in [3.05, 3.63) is 71.3 Å². The number of unbranched alkanes of at least 4 members (excludes halogenated alkanes) is 2. The standard InChI is InChI=1S/C46H68N8O8/c1-8-10-22-36(41(56)43(58)49-31(7)32-18-12-11-13-19-32)50-45(60)54(28-35(9-2)62-46(61)53-26-25-33-20-14-15-21-34(33)27-53)44(59)40(30(5)6)52-42(57)39(29(3)4)51-38(55)24-17-16-23-37(47)48/h11-15,18-21,29-31,35-36,39-40H,8-10,16-17,22-28H2,1-7H3,(H3,47,48)(H,49,58)(H,50,60)(H,51,55)(H,52,57). The van der Waals surface area contributed by atoms with E-state index in [-0.39, 0.29) is 36.9 Å². The molecule has 0 aromatic heterocycles. The molecule has 0 aliphatic carbocycles. The average molecular weight is 861 g/mol. The molecule has 7 N–H and O–H groups in total. The third-order valence-corrected chi connectivity index (χ3v) is 10.9. The molecule has 0 saturated carbocycles. The van der Waals surface area contributed by atoms with Gasteiger partial charge in [-0.15, -0.1) is 0 Å². The Bertz CT molecular complexity index is 1850. The molecule has 7 amide bonds. The molecule has 0 spiro atoms. The molecule has 0 saturated heterocycles. The van der Waals surface area contributed by atoms with Crippen molar-refractivity contribution in [3.8, 4) is 0 Å². The van der Waals surface area contributed by atoms with Crippen molar-refractivity contribution in [3.63, 3.8) is 0 Å². The van der Waals surface area contributed by atoms with Crippen molar-refractivity contribution in [1.29, 1.82) is 5.41 Å². The van der Waals surface area contributed by atoms with Gasteiger partial charge in [0, 0.05) is 25.9 Å². The Kier molecular flexibility index (Phi) is 20.6. The van der Waals surface area contributed by atoms with E-state index in [1.54, 1.807) is 46.4 Å². The highest BCUT2D eigenvalue weighted by Gasteiger charge is 2.38. The van der Waals surface area contributed by atoms with E-state index in [1.165, 1.54) is 0 Å². The Balaban J connectivity index is 1.90. The SMILES string of the molecule is CCCCC(NC(=O)N(CC(CC)OC(=O)N1CCc2ccccc2C1)C(=O)C(NC(=O)C(NC(=O)CCCCC(=N)N)C(C)C)C(C)C)C(=O)C(=O)NC(C)c1ccccc1. The molecule has 1 aliphatic rings. The van der Waals surface area contributed by atoms with E-state index >= 15 is 0 Å². The Morgan fingerprint density at radius 2 is 1.42 bits per heavy atom. The number of amides is 7. The maximum Gasteiger partial charge on any atom is 0.410 e. The van der Waals surface area contributed by atoms with Gasteiger partial charge in [0.2, 0.25) is 17.6 Å². The van der Waals surface area contributed by atoms with Gasteiger partial charge in [-0.25, -0.2) is 9.59 Å². The normalized spacial score (nSPS) is 14.6. The largest absolute Gasteiger partial charge is 0.444 e. The minimum Gasteiger partial charge on any atom is -0.444 e. The first-order chi connectivity index (χ1) is 29.5. The molecule has 5 atom stereocenters. The number of carbonyl (C=O) groups is 7. The van der Waals surface area contributed by atoms with Gasteiger partial charge in [-0.3, -0.25) is 34.3 Å². The number of amidine groups is 1. The molecule has 3 rings (SSSR count). The van der Waals surface area contributed by atoms with E-state index in [9.17, 15) is 33.6 Å². The van der Waals surface area contributed by atoms with E-state index in [0.29, 0.717) is 51.6 Å². The Labute approximate surface area is 366 Å². The number of urea groups is 1. The highest BCUT2D eigenvalue weighted by atomic mass is 16.6. The number of imide groups is 1. The summed E-state index contributed by atoms with van der Waals surface area (Å²) in [5, 5.41) is 18.3. The van der Waals surface area contributed by atoms with Crippen LogP contribution in [0.4, 0.5) is 9.59 Å². The number of benzene rings is 2. The summed E-state index contributed by atoms with van der Waals surface area (Å²) in [5.41, 5.74) is 8.33. The van der Waals surface area contributed by atoms with Gasteiger partial charge >= 0.3 is 12.1 Å². The van der Waals surface area contributed by atoms with Gasteiger partial charge in [-0.1, -0.05) is 109 Å². The van der Waals surface area contributed by atoms with Crippen LogP contribution in [0.25, 0.3) is 0 Å². The van der Waals surface area contributed by atoms with Crippen LogP contribution in [0.15, 0.2) is 54.6 Å². The molecule has 1 heterocycles. The number of ketones is 1. The lowest BCUT2D eigenvalue weighted by Gasteiger charge is -2.34. The number of rotatable bonds is 23. The summed E-state index contributed by atoms with van der Waals surface area (Å²) in [5.74, 6) is -4.60. The zero-order valence-electron chi connectivity index (χ0n) is 37.5. The van der Waals surface area contributed by atoms with E-state index < -0.39 is 78.4 Å². The monoisotopic (exact) mass is 861 g/mol. The number of nitrogens with zero attached hydrogens (tertiary/aromatic N) is 2. The number of fused-ring (bicyclic) bond motifs is 1. The van der Waals surface area contributed by atoms with E-state index in [4.69, 9.17) is 15.9 Å². The maximum absolute atomic E-state index is 14.7. The number of hydrogen-bond acceptors (Lipinski definition) is 9. The smallest absolute Gasteiger partial charge is 0.410 e. The summed E-state index contributed by atoms with van der Waals surface area (Å²) < 4.78 is 5.94.